The predicted octanol–water partition coefficient (Wildman–Crippen LogP) is 1.13. The Hall–Kier alpha value is -1.43. The quantitative estimate of drug-likeness (QED) is 0.869. The van der Waals surface area contributed by atoms with Crippen molar-refractivity contribution in [1.82, 2.24) is 9.80 Å². The van der Waals surface area contributed by atoms with Crippen molar-refractivity contribution in [3.63, 3.8) is 0 Å². The van der Waals surface area contributed by atoms with E-state index in [0.717, 1.165) is 0 Å². The molecule has 1 heterocycles. The van der Waals surface area contributed by atoms with Crippen LogP contribution in [-0.4, -0.2) is 65.8 Å². The molecule has 0 aliphatic carbocycles. The van der Waals surface area contributed by atoms with Gasteiger partial charge in [0.05, 0.1) is 12.2 Å². The highest BCUT2D eigenvalue weighted by atomic mass is 16.4. The Morgan fingerprint density at radius 2 is 1.80 bits per heavy atom. The van der Waals surface area contributed by atoms with Gasteiger partial charge in [-0.2, -0.15) is 0 Å². The number of likely N-dealkylation sites (N-methyl/N-ethyl adjacent to an activating group) is 2. The van der Waals surface area contributed by atoms with Crippen LogP contribution in [0.3, 0.4) is 0 Å². The normalized spacial score (nSPS) is 16.4. The van der Waals surface area contributed by atoms with Crippen molar-refractivity contribution >= 4 is 5.97 Å². The van der Waals surface area contributed by atoms with Crippen LogP contribution in [0.5, 0.6) is 0 Å². The highest BCUT2D eigenvalue weighted by Gasteiger charge is 2.10. The molecule has 112 valence electrons. The third kappa shape index (κ3) is 5.28. The minimum Gasteiger partial charge on any atom is -0.478 e. The molecule has 1 fully saturated rings. The number of nitrogens with zero attached hydrogens (tertiary/aromatic N) is 2. The summed E-state index contributed by atoms with van der Waals surface area (Å²) in [5, 5.41) is 17.3. The summed E-state index contributed by atoms with van der Waals surface area (Å²) in [6.07, 6.45) is 0. The van der Waals surface area contributed by atoms with E-state index in [0.29, 0.717) is 5.56 Å². The van der Waals surface area contributed by atoms with Gasteiger partial charge in [0.1, 0.15) is 0 Å². The highest BCUT2D eigenvalue weighted by molar-refractivity contribution is 5.89. The van der Waals surface area contributed by atoms with Gasteiger partial charge < -0.3 is 20.0 Å². The number of carbonyl (C=O) groups is 1. The number of aliphatic hydroxyl groups excluding tert-OH is 1. The second-order valence-electron chi connectivity index (χ2n) is 4.86. The first kappa shape index (κ1) is 16.6. The van der Waals surface area contributed by atoms with Crippen LogP contribution in [0.1, 0.15) is 22.8 Å². The summed E-state index contributed by atoms with van der Waals surface area (Å²) < 4.78 is 0. The Balaban J connectivity index is 0.000000204. The summed E-state index contributed by atoms with van der Waals surface area (Å²) in [4.78, 5) is 15.3. The lowest BCUT2D eigenvalue weighted by molar-refractivity contribution is 0.0693. The number of carboxylic acids is 1. The molecule has 5 heteroatoms. The lowest BCUT2D eigenvalue weighted by Crippen LogP contribution is -2.44. The molecule has 2 rings (SSSR count). The van der Waals surface area contributed by atoms with Gasteiger partial charge in [-0.1, -0.05) is 25.1 Å². The van der Waals surface area contributed by atoms with Gasteiger partial charge in [-0.15, -0.1) is 0 Å². The van der Waals surface area contributed by atoms with Gasteiger partial charge in [-0.25, -0.2) is 4.79 Å². The van der Waals surface area contributed by atoms with E-state index in [4.69, 9.17) is 10.2 Å². The van der Waals surface area contributed by atoms with E-state index in [1.165, 1.54) is 38.8 Å². The standard InChI is InChI=1S/C8H8O3.C7H16N2/c9-5-6-3-1-2-4-7(6)8(10)11;1-3-9-6-4-8(2)5-7-9/h1-4,9H,5H2,(H,10,11);3-7H2,1-2H3. The second-order valence-corrected chi connectivity index (χ2v) is 4.86. The molecular weight excluding hydrogens is 256 g/mol. The van der Waals surface area contributed by atoms with Crippen molar-refractivity contribution in [1.29, 1.82) is 0 Å². The fourth-order valence-corrected chi connectivity index (χ4v) is 2.03. The predicted molar refractivity (Wildman–Crippen MR) is 78.9 cm³/mol. The first-order valence-electron chi connectivity index (χ1n) is 6.91. The van der Waals surface area contributed by atoms with E-state index in [9.17, 15) is 4.79 Å². The molecule has 5 nitrogen and oxygen atoms in total. The van der Waals surface area contributed by atoms with Crippen LogP contribution < -0.4 is 0 Å². The Kier molecular flexibility index (Phi) is 7.22. The van der Waals surface area contributed by atoms with Gasteiger partial charge in [0, 0.05) is 26.2 Å². The summed E-state index contributed by atoms with van der Waals surface area (Å²) in [5.74, 6) is -1.00. The van der Waals surface area contributed by atoms with Crippen LogP contribution >= 0.6 is 0 Å². The van der Waals surface area contributed by atoms with Gasteiger partial charge in [0.25, 0.3) is 0 Å². The van der Waals surface area contributed by atoms with Crippen LogP contribution in [0.4, 0.5) is 0 Å². The maximum atomic E-state index is 10.5. The maximum Gasteiger partial charge on any atom is 0.336 e. The number of rotatable bonds is 3. The smallest absolute Gasteiger partial charge is 0.336 e. The molecular formula is C15H24N2O3. The van der Waals surface area contributed by atoms with Crippen molar-refractivity contribution < 1.29 is 15.0 Å². The summed E-state index contributed by atoms with van der Waals surface area (Å²) >= 11 is 0. The van der Waals surface area contributed by atoms with Crippen molar-refractivity contribution in [3.8, 4) is 0 Å². The van der Waals surface area contributed by atoms with Gasteiger partial charge in [0.15, 0.2) is 0 Å². The second kappa shape index (κ2) is 8.68. The maximum absolute atomic E-state index is 10.5. The van der Waals surface area contributed by atoms with E-state index in [2.05, 4.69) is 23.8 Å². The van der Waals surface area contributed by atoms with Crippen molar-refractivity contribution in [3.05, 3.63) is 35.4 Å². The summed E-state index contributed by atoms with van der Waals surface area (Å²) in [6, 6.07) is 6.37. The molecule has 0 atom stereocenters. The summed E-state index contributed by atoms with van der Waals surface area (Å²) in [5.41, 5.74) is 0.606. The minimum absolute atomic E-state index is 0.162. The van der Waals surface area contributed by atoms with E-state index in [1.54, 1.807) is 18.2 Å². The molecule has 0 saturated carbocycles. The number of hydrogen-bond donors (Lipinski definition) is 2. The summed E-state index contributed by atoms with van der Waals surface area (Å²) in [6.45, 7) is 8.21. The molecule has 0 bridgehead atoms. The third-order valence-electron chi connectivity index (χ3n) is 3.46. The average molecular weight is 280 g/mol. The Labute approximate surface area is 120 Å². The third-order valence-corrected chi connectivity index (χ3v) is 3.46. The van der Waals surface area contributed by atoms with Crippen LogP contribution in [0, 0.1) is 0 Å². The average Bonchev–Trinajstić information content (AvgIpc) is 2.48. The van der Waals surface area contributed by atoms with E-state index in [-0.39, 0.29) is 12.2 Å². The largest absolute Gasteiger partial charge is 0.478 e. The van der Waals surface area contributed by atoms with Crippen LogP contribution in [-0.2, 0) is 6.61 Å². The number of benzene rings is 1. The molecule has 1 aromatic carbocycles. The number of piperazine rings is 1. The Morgan fingerprint density at radius 1 is 1.20 bits per heavy atom. The molecule has 1 aromatic rings. The zero-order valence-electron chi connectivity index (χ0n) is 12.2. The Bertz CT molecular complexity index is 415. The van der Waals surface area contributed by atoms with Crippen molar-refractivity contribution in [2.24, 2.45) is 0 Å². The fourth-order valence-electron chi connectivity index (χ4n) is 2.03. The molecule has 1 aliphatic heterocycles. The lowest BCUT2D eigenvalue weighted by atomic mass is 10.1. The molecule has 0 aromatic heterocycles. The monoisotopic (exact) mass is 280 g/mol. The molecule has 1 saturated heterocycles. The Morgan fingerprint density at radius 3 is 2.25 bits per heavy atom. The number of carboxylic acid groups (broad SMARTS) is 1. The minimum atomic E-state index is -1.00. The molecule has 0 radical (unpaired) electrons. The van der Waals surface area contributed by atoms with Crippen molar-refractivity contribution in [2.45, 2.75) is 13.5 Å². The van der Waals surface area contributed by atoms with Crippen LogP contribution in [0.2, 0.25) is 0 Å². The molecule has 0 amide bonds. The zero-order valence-corrected chi connectivity index (χ0v) is 12.2. The molecule has 20 heavy (non-hydrogen) atoms. The van der Waals surface area contributed by atoms with Crippen LogP contribution in [0.25, 0.3) is 0 Å². The van der Waals surface area contributed by atoms with Crippen molar-refractivity contribution in [2.75, 3.05) is 39.8 Å². The fraction of sp³-hybridized carbons (Fsp3) is 0.533. The SMILES string of the molecule is CCN1CCN(C)CC1.O=C(O)c1ccccc1CO. The number of aromatic carboxylic acids is 1. The van der Waals surface area contributed by atoms with Crippen LogP contribution in [0.15, 0.2) is 24.3 Å². The first-order valence-corrected chi connectivity index (χ1v) is 6.91. The number of hydrogen-bond acceptors (Lipinski definition) is 4. The first-order chi connectivity index (χ1) is 9.58. The lowest BCUT2D eigenvalue weighted by Gasteiger charge is -2.31. The highest BCUT2D eigenvalue weighted by Crippen LogP contribution is 2.07. The molecule has 0 spiro atoms. The number of aliphatic hydroxyl groups is 1. The molecule has 0 unspecified atom stereocenters. The van der Waals surface area contributed by atoms with Gasteiger partial charge in [-0.05, 0) is 25.2 Å². The van der Waals surface area contributed by atoms with E-state index >= 15 is 0 Å². The van der Waals surface area contributed by atoms with Gasteiger partial charge >= 0.3 is 5.97 Å². The molecule has 1 aliphatic rings. The van der Waals surface area contributed by atoms with Gasteiger partial charge in [-0.3, -0.25) is 0 Å². The topological polar surface area (TPSA) is 64.0 Å². The summed E-state index contributed by atoms with van der Waals surface area (Å²) in [7, 11) is 2.19. The van der Waals surface area contributed by atoms with E-state index < -0.39 is 5.97 Å². The molecule has 2 N–H and O–H groups in total. The van der Waals surface area contributed by atoms with Gasteiger partial charge in [0.2, 0.25) is 0 Å². The van der Waals surface area contributed by atoms with E-state index in [1.807, 2.05) is 0 Å². The zero-order chi connectivity index (χ0) is 15.0.